The number of para-hydroxylation sites is 1. The van der Waals surface area contributed by atoms with Crippen LogP contribution in [0.15, 0.2) is 59.6 Å². The monoisotopic (exact) mass is 308 g/mol. The molecular weight excluding hydrogens is 284 g/mol. The summed E-state index contributed by atoms with van der Waals surface area (Å²) in [6.45, 7) is 4.11. The molecule has 0 radical (unpaired) electrons. The first-order chi connectivity index (χ1) is 11.3. The lowest BCUT2D eigenvalue weighted by molar-refractivity contribution is 0.331. The standard InChI is InChI=1S/C19H24N4/c20-19(22-18-6-2-1-3-7-18)21-14-16-8-10-17(11-9-16)15-23-12-4-5-13-23/h1-3,6-11H,4-5,12-15H2,(H3,20,21,22). The van der Waals surface area contributed by atoms with Gasteiger partial charge in [-0.1, -0.05) is 42.5 Å². The van der Waals surface area contributed by atoms with Crippen molar-refractivity contribution in [3.8, 4) is 0 Å². The Bertz CT molecular complexity index is 628. The number of benzene rings is 2. The van der Waals surface area contributed by atoms with Crippen LogP contribution in [0.1, 0.15) is 24.0 Å². The van der Waals surface area contributed by atoms with E-state index in [0.29, 0.717) is 12.5 Å². The van der Waals surface area contributed by atoms with Gasteiger partial charge in [-0.05, 0) is 49.2 Å². The average molecular weight is 308 g/mol. The summed E-state index contributed by atoms with van der Waals surface area (Å²) in [4.78, 5) is 6.90. The van der Waals surface area contributed by atoms with Crippen LogP contribution in [0.25, 0.3) is 0 Å². The minimum absolute atomic E-state index is 0.442. The van der Waals surface area contributed by atoms with Crippen LogP contribution in [0.5, 0.6) is 0 Å². The van der Waals surface area contributed by atoms with Crippen LogP contribution in [0.3, 0.4) is 0 Å². The molecule has 0 atom stereocenters. The molecule has 3 rings (SSSR count). The summed E-state index contributed by atoms with van der Waals surface area (Å²) in [6.07, 6.45) is 2.67. The molecule has 2 aromatic carbocycles. The van der Waals surface area contributed by atoms with E-state index in [0.717, 1.165) is 12.2 Å². The highest BCUT2D eigenvalue weighted by Crippen LogP contribution is 2.13. The highest BCUT2D eigenvalue weighted by molar-refractivity contribution is 5.92. The van der Waals surface area contributed by atoms with E-state index in [1.807, 2.05) is 30.3 Å². The zero-order chi connectivity index (χ0) is 15.9. The first kappa shape index (κ1) is 15.6. The van der Waals surface area contributed by atoms with Crippen LogP contribution in [0, 0.1) is 0 Å². The van der Waals surface area contributed by atoms with E-state index in [9.17, 15) is 0 Å². The van der Waals surface area contributed by atoms with Crippen molar-refractivity contribution in [3.63, 3.8) is 0 Å². The SMILES string of the molecule is NC(=NCc1ccc(CN2CCCC2)cc1)Nc1ccccc1. The third kappa shape index (κ3) is 4.83. The molecule has 0 spiro atoms. The first-order valence-electron chi connectivity index (χ1n) is 8.22. The van der Waals surface area contributed by atoms with Crippen molar-refractivity contribution in [1.82, 2.24) is 4.90 Å². The van der Waals surface area contributed by atoms with Crippen molar-refractivity contribution < 1.29 is 0 Å². The van der Waals surface area contributed by atoms with Crippen LogP contribution < -0.4 is 11.1 Å². The Labute approximate surface area is 138 Å². The number of hydrogen-bond donors (Lipinski definition) is 2. The minimum Gasteiger partial charge on any atom is -0.370 e. The van der Waals surface area contributed by atoms with Gasteiger partial charge in [0.2, 0.25) is 0 Å². The van der Waals surface area contributed by atoms with E-state index >= 15 is 0 Å². The number of aliphatic imine (C=N–C) groups is 1. The number of nitrogens with two attached hydrogens (primary N) is 1. The van der Waals surface area contributed by atoms with Gasteiger partial charge in [0, 0.05) is 12.2 Å². The Kier molecular flexibility index (Phi) is 5.27. The van der Waals surface area contributed by atoms with Crippen molar-refractivity contribution in [2.75, 3.05) is 18.4 Å². The van der Waals surface area contributed by atoms with Crippen LogP contribution in [-0.2, 0) is 13.1 Å². The summed E-state index contributed by atoms with van der Waals surface area (Å²) in [6, 6.07) is 18.5. The Morgan fingerprint density at radius 2 is 1.61 bits per heavy atom. The maximum absolute atomic E-state index is 5.92. The molecular formula is C19H24N4. The molecule has 3 N–H and O–H groups in total. The lowest BCUT2D eigenvalue weighted by atomic mass is 10.1. The third-order valence-electron chi connectivity index (χ3n) is 4.11. The lowest BCUT2D eigenvalue weighted by Crippen LogP contribution is -2.22. The predicted molar refractivity (Wildman–Crippen MR) is 96.3 cm³/mol. The summed E-state index contributed by atoms with van der Waals surface area (Å²) in [7, 11) is 0. The van der Waals surface area contributed by atoms with Gasteiger partial charge in [-0.2, -0.15) is 0 Å². The van der Waals surface area contributed by atoms with E-state index in [-0.39, 0.29) is 0 Å². The number of nitrogens with one attached hydrogen (secondary N) is 1. The molecule has 0 aromatic heterocycles. The van der Waals surface area contributed by atoms with Gasteiger partial charge < -0.3 is 11.1 Å². The Hall–Kier alpha value is -2.33. The Balaban J connectivity index is 1.52. The topological polar surface area (TPSA) is 53.6 Å². The molecule has 1 fully saturated rings. The van der Waals surface area contributed by atoms with Crippen molar-refractivity contribution in [2.24, 2.45) is 10.7 Å². The highest BCUT2D eigenvalue weighted by Gasteiger charge is 2.11. The summed E-state index contributed by atoms with van der Waals surface area (Å²) in [5, 5.41) is 3.09. The van der Waals surface area contributed by atoms with E-state index in [1.54, 1.807) is 0 Å². The largest absolute Gasteiger partial charge is 0.370 e. The molecule has 0 bridgehead atoms. The molecule has 120 valence electrons. The third-order valence-corrected chi connectivity index (χ3v) is 4.11. The van der Waals surface area contributed by atoms with Crippen molar-refractivity contribution >= 4 is 11.6 Å². The number of nitrogens with zero attached hydrogens (tertiary/aromatic N) is 2. The smallest absolute Gasteiger partial charge is 0.193 e. The summed E-state index contributed by atoms with van der Waals surface area (Å²) < 4.78 is 0. The summed E-state index contributed by atoms with van der Waals surface area (Å²) >= 11 is 0. The number of anilines is 1. The van der Waals surface area contributed by atoms with Gasteiger partial charge in [-0.3, -0.25) is 4.90 Å². The Morgan fingerprint density at radius 1 is 0.957 bits per heavy atom. The fourth-order valence-corrected chi connectivity index (χ4v) is 2.83. The van der Waals surface area contributed by atoms with Crippen LogP contribution in [0.4, 0.5) is 5.69 Å². The van der Waals surface area contributed by atoms with Gasteiger partial charge in [0.05, 0.1) is 6.54 Å². The fourth-order valence-electron chi connectivity index (χ4n) is 2.83. The molecule has 23 heavy (non-hydrogen) atoms. The molecule has 2 aromatic rings. The van der Waals surface area contributed by atoms with Gasteiger partial charge >= 0.3 is 0 Å². The fraction of sp³-hybridized carbons (Fsp3) is 0.316. The van der Waals surface area contributed by atoms with E-state index < -0.39 is 0 Å². The van der Waals surface area contributed by atoms with Crippen molar-refractivity contribution in [1.29, 1.82) is 0 Å². The molecule has 1 heterocycles. The molecule has 1 saturated heterocycles. The second-order valence-corrected chi connectivity index (χ2v) is 5.99. The van der Waals surface area contributed by atoms with Gasteiger partial charge in [0.15, 0.2) is 5.96 Å². The van der Waals surface area contributed by atoms with Gasteiger partial charge in [-0.15, -0.1) is 0 Å². The lowest BCUT2D eigenvalue weighted by Gasteiger charge is -2.14. The van der Waals surface area contributed by atoms with Gasteiger partial charge in [0.25, 0.3) is 0 Å². The summed E-state index contributed by atoms with van der Waals surface area (Å²) in [5.41, 5.74) is 9.42. The summed E-state index contributed by atoms with van der Waals surface area (Å²) in [5.74, 6) is 0.442. The second kappa shape index (κ2) is 7.79. The predicted octanol–water partition coefficient (Wildman–Crippen LogP) is 3.21. The molecule has 1 aliphatic heterocycles. The normalized spacial score (nSPS) is 15.7. The molecule has 0 saturated carbocycles. The van der Waals surface area contributed by atoms with Crippen molar-refractivity contribution in [3.05, 3.63) is 65.7 Å². The second-order valence-electron chi connectivity index (χ2n) is 5.99. The number of guanidine groups is 1. The minimum atomic E-state index is 0.442. The van der Waals surface area contributed by atoms with Crippen LogP contribution in [-0.4, -0.2) is 23.9 Å². The average Bonchev–Trinajstić information content (AvgIpc) is 3.08. The zero-order valence-electron chi connectivity index (χ0n) is 13.4. The van der Waals surface area contributed by atoms with Crippen molar-refractivity contribution in [2.45, 2.75) is 25.9 Å². The number of likely N-dealkylation sites (tertiary alicyclic amines) is 1. The van der Waals surface area contributed by atoms with E-state index in [1.165, 1.54) is 37.1 Å². The maximum Gasteiger partial charge on any atom is 0.193 e. The first-order valence-corrected chi connectivity index (χ1v) is 8.22. The van der Waals surface area contributed by atoms with E-state index in [4.69, 9.17) is 5.73 Å². The molecule has 0 unspecified atom stereocenters. The van der Waals surface area contributed by atoms with Crippen LogP contribution >= 0.6 is 0 Å². The van der Waals surface area contributed by atoms with Gasteiger partial charge in [-0.25, -0.2) is 4.99 Å². The van der Waals surface area contributed by atoms with Gasteiger partial charge in [0.1, 0.15) is 0 Å². The van der Waals surface area contributed by atoms with Crippen LogP contribution in [0.2, 0.25) is 0 Å². The van der Waals surface area contributed by atoms with E-state index in [2.05, 4.69) is 39.5 Å². The molecule has 0 aliphatic carbocycles. The molecule has 0 amide bonds. The quantitative estimate of drug-likeness (QED) is 0.659. The number of hydrogen-bond acceptors (Lipinski definition) is 2. The Morgan fingerprint density at radius 3 is 2.30 bits per heavy atom. The molecule has 4 heteroatoms. The zero-order valence-corrected chi connectivity index (χ0v) is 13.4. The molecule has 4 nitrogen and oxygen atoms in total. The maximum atomic E-state index is 5.92. The molecule has 1 aliphatic rings. The highest BCUT2D eigenvalue weighted by atomic mass is 15.1. The number of rotatable bonds is 5.